The van der Waals surface area contributed by atoms with Gasteiger partial charge in [-0.25, -0.2) is 13.1 Å². The molecule has 150 valence electrons. The molecule has 1 aliphatic rings. The second-order valence-electron chi connectivity index (χ2n) is 8.06. The Morgan fingerprint density at radius 3 is 2.46 bits per heavy atom. The molecule has 3 rings (SSSR count). The van der Waals surface area contributed by atoms with Gasteiger partial charge in [-0.2, -0.15) is 0 Å². The summed E-state index contributed by atoms with van der Waals surface area (Å²) in [6.45, 7) is 4.16. The summed E-state index contributed by atoms with van der Waals surface area (Å²) in [4.78, 5) is 14.1. The van der Waals surface area contributed by atoms with E-state index in [2.05, 4.69) is 10.0 Å². The lowest BCUT2D eigenvalue weighted by atomic mass is 9.78. The molecule has 2 aromatic rings. The fourth-order valence-electron chi connectivity index (χ4n) is 3.60. The number of fused-ring (bicyclic) bond motifs is 1. The van der Waals surface area contributed by atoms with Gasteiger partial charge in [-0.3, -0.25) is 4.79 Å². The van der Waals surface area contributed by atoms with Crippen LogP contribution in [-0.4, -0.2) is 39.9 Å². The van der Waals surface area contributed by atoms with E-state index in [0.717, 1.165) is 11.1 Å². The molecule has 0 aromatic heterocycles. The molecule has 0 saturated carbocycles. The number of hydrogen-bond acceptors (Lipinski definition) is 4. The first-order valence-corrected chi connectivity index (χ1v) is 10.7. The first-order valence-electron chi connectivity index (χ1n) is 9.25. The highest BCUT2D eigenvalue weighted by atomic mass is 32.2. The standard InChI is InChI=1S/C21H27N3O3S/c1-21(2)13-20(25)23-18-11-10-16(12-17(18)21)28(26,27)22-14-19(24(3)4)15-8-6-5-7-9-15/h5-12,19,22H,13-14H2,1-4H3,(H,23,25). The van der Waals surface area contributed by atoms with Crippen molar-refractivity contribution in [2.24, 2.45) is 0 Å². The van der Waals surface area contributed by atoms with Crippen LogP contribution in [0.1, 0.15) is 37.4 Å². The highest BCUT2D eigenvalue weighted by molar-refractivity contribution is 7.89. The van der Waals surface area contributed by atoms with Crippen LogP contribution in [0.25, 0.3) is 0 Å². The quantitative estimate of drug-likeness (QED) is 0.780. The van der Waals surface area contributed by atoms with Crippen molar-refractivity contribution in [2.45, 2.75) is 36.6 Å². The third kappa shape index (κ3) is 4.27. The van der Waals surface area contributed by atoms with Crippen molar-refractivity contribution in [3.8, 4) is 0 Å². The summed E-state index contributed by atoms with van der Waals surface area (Å²) in [5.74, 6) is -0.0529. The SMILES string of the molecule is CN(C)C(CNS(=O)(=O)c1ccc2c(c1)C(C)(C)CC(=O)N2)c1ccccc1. The number of carbonyl (C=O) groups is 1. The van der Waals surface area contributed by atoms with Crippen LogP contribution in [0.2, 0.25) is 0 Å². The van der Waals surface area contributed by atoms with Crippen molar-refractivity contribution in [3.05, 3.63) is 59.7 Å². The number of likely N-dealkylation sites (N-methyl/N-ethyl adjacent to an activating group) is 1. The number of benzene rings is 2. The largest absolute Gasteiger partial charge is 0.326 e. The third-order valence-electron chi connectivity index (χ3n) is 5.18. The molecule has 2 N–H and O–H groups in total. The fourth-order valence-corrected chi connectivity index (χ4v) is 4.66. The topological polar surface area (TPSA) is 78.5 Å². The van der Waals surface area contributed by atoms with Gasteiger partial charge in [0.15, 0.2) is 0 Å². The van der Waals surface area contributed by atoms with Crippen molar-refractivity contribution in [3.63, 3.8) is 0 Å². The van der Waals surface area contributed by atoms with Gasteiger partial charge in [-0.05, 0) is 43.4 Å². The molecule has 1 atom stereocenters. The van der Waals surface area contributed by atoms with E-state index in [0.29, 0.717) is 12.1 Å². The average molecular weight is 402 g/mol. The van der Waals surface area contributed by atoms with Crippen LogP contribution in [0.4, 0.5) is 5.69 Å². The maximum Gasteiger partial charge on any atom is 0.240 e. The van der Waals surface area contributed by atoms with E-state index >= 15 is 0 Å². The number of nitrogens with zero attached hydrogens (tertiary/aromatic N) is 1. The normalized spacial score (nSPS) is 17.1. The van der Waals surface area contributed by atoms with Crippen molar-refractivity contribution in [2.75, 3.05) is 26.0 Å². The minimum Gasteiger partial charge on any atom is -0.326 e. The fraction of sp³-hybridized carbons (Fsp3) is 0.381. The van der Waals surface area contributed by atoms with Gasteiger partial charge in [0.25, 0.3) is 0 Å². The predicted octanol–water partition coefficient (Wildman–Crippen LogP) is 2.89. The Balaban J connectivity index is 1.84. The predicted molar refractivity (Wildman–Crippen MR) is 111 cm³/mol. The van der Waals surface area contributed by atoms with Crippen molar-refractivity contribution >= 4 is 21.6 Å². The molecule has 1 unspecified atom stereocenters. The Morgan fingerprint density at radius 2 is 1.82 bits per heavy atom. The molecular formula is C21H27N3O3S. The van der Waals surface area contributed by atoms with Crippen LogP contribution in [0, 0.1) is 0 Å². The van der Waals surface area contributed by atoms with Gasteiger partial charge >= 0.3 is 0 Å². The molecule has 1 heterocycles. The molecule has 2 aromatic carbocycles. The Hall–Kier alpha value is -2.22. The molecule has 0 bridgehead atoms. The number of nitrogens with one attached hydrogen (secondary N) is 2. The number of amides is 1. The first-order chi connectivity index (χ1) is 13.1. The number of hydrogen-bond donors (Lipinski definition) is 2. The Labute approximate surface area is 167 Å². The first kappa shape index (κ1) is 20.5. The zero-order valence-corrected chi connectivity index (χ0v) is 17.5. The zero-order chi connectivity index (χ0) is 20.5. The molecule has 0 saturated heterocycles. The molecule has 28 heavy (non-hydrogen) atoms. The minimum atomic E-state index is -3.68. The molecule has 0 aliphatic carbocycles. The summed E-state index contributed by atoms with van der Waals surface area (Å²) in [7, 11) is 0.170. The van der Waals surface area contributed by atoms with Crippen molar-refractivity contribution in [1.29, 1.82) is 0 Å². The van der Waals surface area contributed by atoms with Crippen LogP contribution >= 0.6 is 0 Å². The van der Waals surface area contributed by atoms with Gasteiger partial charge in [0.05, 0.1) is 4.90 Å². The average Bonchev–Trinajstić information content (AvgIpc) is 2.61. The molecular weight excluding hydrogens is 374 g/mol. The highest BCUT2D eigenvalue weighted by Crippen LogP contribution is 2.38. The summed E-state index contributed by atoms with van der Waals surface area (Å²) < 4.78 is 28.6. The lowest BCUT2D eigenvalue weighted by molar-refractivity contribution is -0.117. The maximum absolute atomic E-state index is 12.9. The number of rotatable bonds is 6. The summed E-state index contributed by atoms with van der Waals surface area (Å²) in [6.07, 6.45) is 0.327. The molecule has 6 nitrogen and oxygen atoms in total. The molecule has 1 aliphatic heterocycles. The van der Waals surface area contributed by atoms with E-state index in [9.17, 15) is 13.2 Å². The molecule has 0 radical (unpaired) electrons. The van der Waals surface area contributed by atoms with Crippen molar-refractivity contribution in [1.82, 2.24) is 9.62 Å². The van der Waals surface area contributed by atoms with Crippen molar-refractivity contribution < 1.29 is 13.2 Å². The van der Waals surface area contributed by atoms with Gasteiger partial charge in [-0.15, -0.1) is 0 Å². The monoisotopic (exact) mass is 401 g/mol. The van der Waals surface area contributed by atoms with Gasteiger partial charge in [0, 0.05) is 30.1 Å². The number of sulfonamides is 1. The number of carbonyl (C=O) groups excluding carboxylic acids is 1. The van der Waals surface area contributed by atoms with E-state index in [-0.39, 0.29) is 23.4 Å². The van der Waals surface area contributed by atoms with Crippen LogP contribution < -0.4 is 10.0 Å². The Morgan fingerprint density at radius 1 is 1.14 bits per heavy atom. The Bertz CT molecular complexity index is 970. The van der Waals surface area contributed by atoms with Gasteiger partial charge in [0.2, 0.25) is 15.9 Å². The smallest absolute Gasteiger partial charge is 0.240 e. The van der Waals surface area contributed by atoms with E-state index < -0.39 is 15.4 Å². The second kappa shape index (κ2) is 7.66. The minimum absolute atomic E-state index is 0.0529. The molecule has 7 heteroatoms. The van der Waals surface area contributed by atoms with Gasteiger partial charge in [0.1, 0.15) is 0 Å². The lowest BCUT2D eigenvalue weighted by Crippen LogP contribution is -2.35. The molecule has 1 amide bonds. The van der Waals surface area contributed by atoms with Crippen LogP contribution in [0.3, 0.4) is 0 Å². The van der Waals surface area contributed by atoms with Crippen LogP contribution in [-0.2, 0) is 20.2 Å². The van der Waals surface area contributed by atoms with Gasteiger partial charge in [-0.1, -0.05) is 44.2 Å². The maximum atomic E-state index is 12.9. The second-order valence-corrected chi connectivity index (χ2v) is 9.83. The van der Waals surface area contributed by atoms with E-state index in [1.807, 2.05) is 63.2 Å². The zero-order valence-electron chi connectivity index (χ0n) is 16.7. The Kier molecular flexibility index (Phi) is 5.61. The third-order valence-corrected chi connectivity index (χ3v) is 6.60. The molecule has 0 fully saturated rings. The summed E-state index contributed by atoms with van der Waals surface area (Å²) in [6, 6.07) is 14.6. The summed E-state index contributed by atoms with van der Waals surface area (Å²) in [5, 5.41) is 2.82. The van der Waals surface area contributed by atoms with E-state index in [4.69, 9.17) is 0 Å². The highest BCUT2D eigenvalue weighted by Gasteiger charge is 2.33. The lowest BCUT2D eigenvalue weighted by Gasteiger charge is -2.32. The van der Waals surface area contributed by atoms with Crippen LogP contribution in [0.15, 0.2) is 53.4 Å². The molecule has 0 spiro atoms. The summed E-state index contributed by atoms with van der Waals surface area (Å²) >= 11 is 0. The van der Waals surface area contributed by atoms with Crippen LogP contribution in [0.5, 0.6) is 0 Å². The number of anilines is 1. The summed E-state index contributed by atoms with van der Waals surface area (Å²) in [5.41, 5.74) is 2.14. The van der Waals surface area contributed by atoms with Gasteiger partial charge < -0.3 is 10.2 Å². The van der Waals surface area contributed by atoms with E-state index in [1.54, 1.807) is 12.1 Å². The van der Waals surface area contributed by atoms with E-state index in [1.165, 1.54) is 6.07 Å².